The third-order valence-corrected chi connectivity index (χ3v) is 3.07. The van der Waals surface area contributed by atoms with Crippen LogP contribution in [0.1, 0.15) is 31.7 Å². The molecule has 4 nitrogen and oxygen atoms in total. The first-order chi connectivity index (χ1) is 9.99. The minimum Gasteiger partial charge on any atom is -0.467 e. The molecule has 0 aliphatic carbocycles. The number of esters is 1. The second kappa shape index (κ2) is 8.34. The van der Waals surface area contributed by atoms with Gasteiger partial charge in [-0.3, -0.25) is 4.79 Å². The topological polar surface area (TPSA) is 55.4 Å². The van der Waals surface area contributed by atoms with Crippen molar-refractivity contribution in [2.75, 3.05) is 7.11 Å². The molecule has 0 aromatic heterocycles. The average molecular weight is 299 g/mol. The Hall–Kier alpha value is -1.98. The molecule has 0 saturated heterocycles. The average Bonchev–Trinajstić information content (AvgIpc) is 2.46. The van der Waals surface area contributed by atoms with E-state index in [4.69, 9.17) is 0 Å². The van der Waals surface area contributed by atoms with Crippen LogP contribution < -0.4 is 5.32 Å². The highest BCUT2D eigenvalue weighted by molar-refractivity contribution is 5.85. The number of carbonyl (C=O) groups is 2. The Balaban J connectivity index is 2.71. The maximum absolute atomic E-state index is 13.5. The molecule has 1 rings (SSSR count). The molecule has 116 valence electrons. The first-order valence-electron chi connectivity index (χ1n) is 6.79. The highest BCUT2D eigenvalue weighted by Crippen LogP contribution is 2.13. The Morgan fingerprint density at radius 2 is 1.90 bits per heavy atom. The fourth-order valence-electron chi connectivity index (χ4n) is 1.91. The quantitative estimate of drug-likeness (QED) is 0.786. The van der Waals surface area contributed by atoms with E-state index in [2.05, 4.69) is 10.1 Å². The van der Waals surface area contributed by atoms with Crippen LogP contribution in [0, 0.1) is 11.6 Å². The van der Waals surface area contributed by atoms with Gasteiger partial charge in [-0.1, -0.05) is 25.8 Å². The minimum atomic E-state index is -0.794. The number of nitrogens with one attached hydrogen (secondary N) is 1. The van der Waals surface area contributed by atoms with Crippen LogP contribution in [-0.2, 0) is 20.7 Å². The molecule has 6 heteroatoms. The van der Waals surface area contributed by atoms with E-state index in [1.807, 2.05) is 6.92 Å². The molecule has 1 aromatic carbocycles. The van der Waals surface area contributed by atoms with Gasteiger partial charge in [0.25, 0.3) is 0 Å². The van der Waals surface area contributed by atoms with Gasteiger partial charge in [0.1, 0.15) is 17.7 Å². The van der Waals surface area contributed by atoms with Crippen LogP contribution >= 0.6 is 0 Å². The van der Waals surface area contributed by atoms with E-state index in [0.717, 1.165) is 25.0 Å². The summed E-state index contributed by atoms with van der Waals surface area (Å²) >= 11 is 0. The molecule has 1 amide bonds. The third-order valence-electron chi connectivity index (χ3n) is 3.07. The van der Waals surface area contributed by atoms with Crippen molar-refractivity contribution in [3.05, 3.63) is 35.4 Å². The first-order valence-corrected chi connectivity index (χ1v) is 6.79. The molecule has 0 aliphatic rings. The summed E-state index contributed by atoms with van der Waals surface area (Å²) in [6.07, 6.45) is 1.55. The van der Waals surface area contributed by atoms with E-state index in [1.54, 1.807) is 0 Å². The molecule has 1 N–H and O–H groups in total. The van der Waals surface area contributed by atoms with Crippen LogP contribution in [0.4, 0.5) is 8.78 Å². The van der Waals surface area contributed by atoms with Crippen molar-refractivity contribution < 1.29 is 23.1 Å². The van der Waals surface area contributed by atoms with E-state index >= 15 is 0 Å². The summed E-state index contributed by atoms with van der Waals surface area (Å²) in [5.74, 6) is -2.75. The van der Waals surface area contributed by atoms with Crippen molar-refractivity contribution in [1.82, 2.24) is 5.32 Å². The van der Waals surface area contributed by atoms with Crippen molar-refractivity contribution in [3.8, 4) is 0 Å². The number of hydrogen-bond donors (Lipinski definition) is 1. The summed E-state index contributed by atoms with van der Waals surface area (Å²) in [4.78, 5) is 23.4. The van der Waals surface area contributed by atoms with Gasteiger partial charge >= 0.3 is 5.97 Å². The summed E-state index contributed by atoms with van der Waals surface area (Å²) in [5, 5.41) is 2.46. The lowest BCUT2D eigenvalue weighted by molar-refractivity contribution is -0.145. The number of ether oxygens (including phenoxy) is 1. The second-order valence-corrected chi connectivity index (χ2v) is 4.66. The zero-order valence-corrected chi connectivity index (χ0v) is 12.1. The Bertz CT molecular complexity index is 485. The number of unbranched alkanes of at least 4 members (excludes halogenated alkanes) is 1. The van der Waals surface area contributed by atoms with E-state index in [-0.39, 0.29) is 5.56 Å². The summed E-state index contributed by atoms with van der Waals surface area (Å²) in [6.45, 7) is 1.95. The number of rotatable bonds is 7. The Morgan fingerprint density at radius 1 is 1.29 bits per heavy atom. The van der Waals surface area contributed by atoms with Gasteiger partial charge in [-0.2, -0.15) is 0 Å². The molecule has 0 unspecified atom stereocenters. The molecule has 21 heavy (non-hydrogen) atoms. The largest absolute Gasteiger partial charge is 0.467 e. The van der Waals surface area contributed by atoms with Crippen molar-refractivity contribution >= 4 is 11.9 Å². The Morgan fingerprint density at radius 3 is 2.43 bits per heavy atom. The summed E-state index contributed by atoms with van der Waals surface area (Å²) in [7, 11) is 1.23. The van der Waals surface area contributed by atoms with Crippen LogP contribution in [-0.4, -0.2) is 25.0 Å². The third kappa shape index (κ3) is 5.13. The van der Waals surface area contributed by atoms with Crippen LogP contribution in [0.2, 0.25) is 0 Å². The summed E-state index contributed by atoms with van der Waals surface area (Å²) in [5.41, 5.74) is -0.311. The molecular weight excluding hydrogens is 280 g/mol. The highest BCUT2D eigenvalue weighted by Gasteiger charge is 2.22. The standard InChI is InChI=1S/C15H19F2NO3/c1-3-4-8-13(15(20)21-2)18-14(19)9-10-11(16)6-5-7-12(10)17/h5-7,13H,3-4,8-9H2,1-2H3,(H,18,19)/t13-/m0/s1. The smallest absolute Gasteiger partial charge is 0.328 e. The van der Waals surface area contributed by atoms with Gasteiger partial charge < -0.3 is 10.1 Å². The van der Waals surface area contributed by atoms with Gasteiger partial charge in [-0.05, 0) is 18.6 Å². The zero-order valence-electron chi connectivity index (χ0n) is 12.1. The first kappa shape index (κ1) is 17.1. The fourth-order valence-corrected chi connectivity index (χ4v) is 1.91. The maximum atomic E-state index is 13.5. The second-order valence-electron chi connectivity index (χ2n) is 4.66. The van der Waals surface area contributed by atoms with Crippen molar-refractivity contribution in [1.29, 1.82) is 0 Å². The number of methoxy groups -OCH3 is 1. The Kier molecular flexibility index (Phi) is 6.78. The predicted octanol–water partition coefficient (Wildman–Crippen LogP) is 2.36. The van der Waals surface area contributed by atoms with Crippen LogP contribution in [0.5, 0.6) is 0 Å². The van der Waals surface area contributed by atoms with Crippen LogP contribution in [0.25, 0.3) is 0 Å². The highest BCUT2D eigenvalue weighted by atomic mass is 19.1. The fraction of sp³-hybridized carbons (Fsp3) is 0.467. The van der Waals surface area contributed by atoms with Crippen LogP contribution in [0.15, 0.2) is 18.2 Å². The van der Waals surface area contributed by atoms with Gasteiger partial charge in [-0.15, -0.1) is 0 Å². The number of halogens is 2. The van der Waals surface area contributed by atoms with Crippen LogP contribution in [0.3, 0.4) is 0 Å². The van der Waals surface area contributed by atoms with E-state index in [0.29, 0.717) is 6.42 Å². The minimum absolute atomic E-state index is 0.311. The lowest BCUT2D eigenvalue weighted by Crippen LogP contribution is -2.42. The van der Waals surface area contributed by atoms with Crippen molar-refractivity contribution in [3.63, 3.8) is 0 Å². The van der Waals surface area contributed by atoms with E-state index in [9.17, 15) is 18.4 Å². The number of amides is 1. The molecule has 1 aromatic rings. The van der Waals surface area contributed by atoms with Gasteiger partial charge in [0.2, 0.25) is 5.91 Å². The summed E-state index contributed by atoms with van der Waals surface area (Å²) < 4.78 is 31.5. The zero-order chi connectivity index (χ0) is 15.8. The lowest BCUT2D eigenvalue weighted by Gasteiger charge is -2.16. The molecule has 0 radical (unpaired) electrons. The molecule has 1 atom stereocenters. The lowest BCUT2D eigenvalue weighted by atomic mass is 10.1. The summed E-state index contributed by atoms with van der Waals surface area (Å²) in [6, 6.07) is 2.60. The molecule has 0 fully saturated rings. The van der Waals surface area contributed by atoms with Gasteiger partial charge in [0.05, 0.1) is 13.5 Å². The molecule has 0 bridgehead atoms. The Labute approximate surface area is 122 Å². The molecule has 0 heterocycles. The number of benzene rings is 1. The van der Waals surface area contributed by atoms with Gasteiger partial charge in [0.15, 0.2) is 0 Å². The van der Waals surface area contributed by atoms with Gasteiger partial charge in [0, 0.05) is 5.56 Å². The van der Waals surface area contributed by atoms with E-state index in [1.165, 1.54) is 13.2 Å². The molecular formula is C15H19F2NO3. The van der Waals surface area contributed by atoms with Gasteiger partial charge in [-0.25, -0.2) is 13.6 Å². The SMILES string of the molecule is CCCC[C@H](NC(=O)Cc1c(F)cccc1F)C(=O)OC. The maximum Gasteiger partial charge on any atom is 0.328 e. The molecule has 0 aliphatic heterocycles. The normalized spacial score (nSPS) is 11.8. The number of hydrogen-bond acceptors (Lipinski definition) is 3. The molecule has 0 saturated carbocycles. The van der Waals surface area contributed by atoms with E-state index < -0.39 is 36.0 Å². The van der Waals surface area contributed by atoms with Crippen molar-refractivity contribution in [2.24, 2.45) is 0 Å². The monoisotopic (exact) mass is 299 g/mol. The molecule has 0 spiro atoms. The number of carbonyl (C=O) groups excluding carboxylic acids is 2. The van der Waals surface area contributed by atoms with Crippen molar-refractivity contribution in [2.45, 2.75) is 38.6 Å². The predicted molar refractivity (Wildman–Crippen MR) is 73.5 cm³/mol.